The number of urea groups is 1. The van der Waals surface area contributed by atoms with E-state index in [1.54, 1.807) is 17.9 Å². The highest BCUT2D eigenvalue weighted by Crippen LogP contribution is 2.28. The first-order valence-corrected chi connectivity index (χ1v) is 7.48. The summed E-state index contributed by atoms with van der Waals surface area (Å²) in [6.45, 7) is 2.40. The average molecular weight is 311 g/mol. The van der Waals surface area contributed by atoms with E-state index < -0.39 is 4.92 Å². The molecular weight excluding hydrogens is 294 g/mol. The number of amides is 2. The van der Waals surface area contributed by atoms with Crippen molar-refractivity contribution in [2.45, 2.75) is 19.8 Å². The van der Waals surface area contributed by atoms with Crippen molar-refractivity contribution < 1.29 is 9.72 Å². The van der Waals surface area contributed by atoms with E-state index in [1.807, 2.05) is 24.3 Å². The summed E-state index contributed by atoms with van der Waals surface area (Å²) >= 11 is 0. The summed E-state index contributed by atoms with van der Waals surface area (Å²) in [5.41, 5.74) is 3.36. The molecule has 6 heteroatoms. The van der Waals surface area contributed by atoms with E-state index in [0.717, 1.165) is 24.1 Å². The first-order chi connectivity index (χ1) is 11.1. The third-order valence-corrected chi connectivity index (χ3v) is 4.02. The van der Waals surface area contributed by atoms with E-state index in [9.17, 15) is 14.9 Å². The standard InChI is InChI=1S/C17H17N3O3/c1-12-11-14(20(22)23)8-9-15(12)18-17(21)19-10-4-6-13-5-2-3-7-16(13)19/h2-3,5,7-9,11H,4,6,10H2,1H3,(H,18,21). The fourth-order valence-corrected chi connectivity index (χ4v) is 2.83. The summed E-state index contributed by atoms with van der Waals surface area (Å²) < 4.78 is 0. The van der Waals surface area contributed by atoms with Gasteiger partial charge in [-0.3, -0.25) is 15.0 Å². The molecular formula is C17H17N3O3. The molecule has 0 saturated heterocycles. The van der Waals surface area contributed by atoms with Crippen LogP contribution < -0.4 is 10.2 Å². The highest BCUT2D eigenvalue weighted by atomic mass is 16.6. The third-order valence-electron chi connectivity index (χ3n) is 4.02. The van der Waals surface area contributed by atoms with E-state index in [-0.39, 0.29) is 11.7 Å². The van der Waals surface area contributed by atoms with E-state index in [0.29, 0.717) is 17.8 Å². The Hall–Kier alpha value is -2.89. The van der Waals surface area contributed by atoms with Crippen molar-refractivity contribution in [3.8, 4) is 0 Å². The maximum Gasteiger partial charge on any atom is 0.326 e. The van der Waals surface area contributed by atoms with Crippen LogP contribution in [0.15, 0.2) is 42.5 Å². The van der Waals surface area contributed by atoms with Crippen molar-refractivity contribution in [3.05, 3.63) is 63.7 Å². The largest absolute Gasteiger partial charge is 0.326 e. The maximum absolute atomic E-state index is 12.6. The number of carbonyl (C=O) groups is 1. The van der Waals surface area contributed by atoms with E-state index >= 15 is 0 Å². The molecule has 2 amide bonds. The number of anilines is 2. The molecule has 0 aliphatic carbocycles. The van der Waals surface area contributed by atoms with Gasteiger partial charge in [-0.2, -0.15) is 0 Å². The van der Waals surface area contributed by atoms with Crippen LogP contribution in [0.2, 0.25) is 0 Å². The molecule has 6 nitrogen and oxygen atoms in total. The molecule has 0 radical (unpaired) electrons. The summed E-state index contributed by atoms with van der Waals surface area (Å²) in [4.78, 5) is 24.6. The van der Waals surface area contributed by atoms with Gasteiger partial charge in [0, 0.05) is 30.1 Å². The Morgan fingerprint density at radius 3 is 2.78 bits per heavy atom. The fraction of sp³-hybridized carbons (Fsp3) is 0.235. The van der Waals surface area contributed by atoms with E-state index in [1.165, 1.54) is 12.1 Å². The van der Waals surface area contributed by atoms with Gasteiger partial charge in [-0.1, -0.05) is 18.2 Å². The summed E-state index contributed by atoms with van der Waals surface area (Å²) in [5, 5.41) is 13.6. The highest BCUT2D eigenvalue weighted by molar-refractivity contribution is 6.03. The number of nitrogens with one attached hydrogen (secondary N) is 1. The van der Waals surface area contributed by atoms with Gasteiger partial charge in [0.15, 0.2) is 0 Å². The predicted octanol–water partition coefficient (Wildman–Crippen LogP) is 3.89. The zero-order valence-corrected chi connectivity index (χ0v) is 12.8. The summed E-state index contributed by atoms with van der Waals surface area (Å²) in [5.74, 6) is 0. The normalized spacial score (nSPS) is 13.3. The second-order valence-electron chi connectivity index (χ2n) is 5.57. The summed E-state index contributed by atoms with van der Waals surface area (Å²) in [7, 11) is 0. The SMILES string of the molecule is Cc1cc([N+](=O)[O-])ccc1NC(=O)N1CCCc2ccccc21. The quantitative estimate of drug-likeness (QED) is 0.675. The molecule has 0 fully saturated rings. The van der Waals surface area contributed by atoms with Gasteiger partial charge in [-0.05, 0) is 43.0 Å². The number of aryl methyl sites for hydroxylation is 2. The van der Waals surface area contributed by atoms with Gasteiger partial charge >= 0.3 is 6.03 Å². The number of non-ortho nitro benzene ring substituents is 1. The van der Waals surface area contributed by atoms with Crippen LogP contribution in [-0.2, 0) is 6.42 Å². The molecule has 1 N–H and O–H groups in total. The molecule has 0 spiro atoms. The zero-order valence-electron chi connectivity index (χ0n) is 12.8. The molecule has 2 aromatic carbocycles. The van der Waals surface area contributed by atoms with Gasteiger partial charge in [-0.25, -0.2) is 4.79 Å². The van der Waals surface area contributed by atoms with Crippen LogP contribution in [0.5, 0.6) is 0 Å². The number of nitro groups is 1. The summed E-state index contributed by atoms with van der Waals surface area (Å²) in [6.07, 6.45) is 1.89. The Kier molecular flexibility index (Phi) is 3.97. The van der Waals surface area contributed by atoms with Crippen molar-refractivity contribution >= 4 is 23.1 Å². The number of rotatable bonds is 2. The number of benzene rings is 2. The molecule has 3 rings (SSSR count). The molecule has 1 heterocycles. The van der Waals surface area contributed by atoms with Gasteiger partial charge in [-0.15, -0.1) is 0 Å². The molecule has 0 atom stereocenters. The molecule has 0 aromatic heterocycles. The van der Waals surface area contributed by atoms with Crippen LogP contribution in [0.4, 0.5) is 21.9 Å². The van der Waals surface area contributed by atoms with Gasteiger partial charge in [0.1, 0.15) is 0 Å². The smallest absolute Gasteiger partial charge is 0.307 e. The van der Waals surface area contributed by atoms with E-state index in [4.69, 9.17) is 0 Å². The van der Waals surface area contributed by atoms with Crippen LogP contribution in [0.25, 0.3) is 0 Å². The monoisotopic (exact) mass is 311 g/mol. The number of hydrogen-bond donors (Lipinski definition) is 1. The molecule has 1 aliphatic rings. The summed E-state index contributed by atoms with van der Waals surface area (Å²) in [6, 6.07) is 12.1. The molecule has 23 heavy (non-hydrogen) atoms. The number of nitro benzene ring substituents is 1. The molecule has 0 bridgehead atoms. The molecule has 0 saturated carbocycles. The van der Waals surface area contributed by atoms with Crippen LogP contribution in [0, 0.1) is 17.0 Å². The molecule has 0 unspecified atom stereocenters. The average Bonchev–Trinajstić information content (AvgIpc) is 2.56. The lowest BCUT2D eigenvalue weighted by atomic mass is 10.0. The Labute approximate surface area is 133 Å². The lowest BCUT2D eigenvalue weighted by Crippen LogP contribution is -2.38. The Balaban J connectivity index is 1.82. The second-order valence-corrected chi connectivity index (χ2v) is 5.57. The van der Waals surface area contributed by atoms with Crippen molar-refractivity contribution in [2.24, 2.45) is 0 Å². The minimum absolute atomic E-state index is 0.0174. The number of hydrogen-bond acceptors (Lipinski definition) is 3. The van der Waals surface area contributed by atoms with Gasteiger partial charge in [0.05, 0.1) is 4.92 Å². The van der Waals surface area contributed by atoms with Crippen molar-refractivity contribution in [1.29, 1.82) is 0 Å². The van der Waals surface area contributed by atoms with Gasteiger partial charge in [0.25, 0.3) is 5.69 Å². The van der Waals surface area contributed by atoms with Crippen molar-refractivity contribution in [2.75, 3.05) is 16.8 Å². The van der Waals surface area contributed by atoms with Crippen molar-refractivity contribution in [3.63, 3.8) is 0 Å². The van der Waals surface area contributed by atoms with Crippen LogP contribution >= 0.6 is 0 Å². The zero-order chi connectivity index (χ0) is 16.4. The molecule has 1 aliphatic heterocycles. The van der Waals surface area contributed by atoms with Crippen LogP contribution in [-0.4, -0.2) is 17.5 Å². The third kappa shape index (κ3) is 3.01. The molecule has 118 valence electrons. The fourth-order valence-electron chi connectivity index (χ4n) is 2.83. The van der Waals surface area contributed by atoms with Gasteiger partial charge < -0.3 is 5.32 Å². The Morgan fingerprint density at radius 1 is 1.26 bits per heavy atom. The highest BCUT2D eigenvalue weighted by Gasteiger charge is 2.22. The van der Waals surface area contributed by atoms with Crippen LogP contribution in [0.1, 0.15) is 17.5 Å². The molecule has 2 aromatic rings. The lowest BCUT2D eigenvalue weighted by Gasteiger charge is -2.29. The first-order valence-electron chi connectivity index (χ1n) is 7.48. The lowest BCUT2D eigenvalue weighted by molar-refractivity contribution is -0.384. The van der Waals surface area contributed by atoms with Crippen molar-refractivity contribution in [1.82, 2.24) is 0 Å². The minimum Gasteiger partial charge on any atom is -0.307 e. The maximum atomic E-state index is 12.6. The predicted molar refractivity (Wildman–Crippen MR) is 89.0 cm³/mol. The number of carbonyl (C=O) groups excluding carboxylic acids is 1. The number of fused-ring (bicyclic) bond motifs is 1. The Bertz CT molecular complexity index is 773. The van der Waals surface area contributed by atoms with E-state index in [2.05, 4.69) is 5.32 Å². The Morgan fingerprint density at radius 2 is 2.04 bits per heavy atom. The number of para-hydroxylation sites is 1. The topological polar surface area (TPSA) is 75.5 Å². The first kappa shape index (κ1) is 15.0. The number of nitrogens with zero attached hydrogens (tertiary/aromatic N) is 2. The van der Waals surface area contributed by atoms with Gasteiger partial charge in [0.2, 0.25) is 0 Å². The second kappa shape index (κ2) is 6.08. The minimum atomic E-state index is -0.445. The van der Waals surface area contributed by atoms with Crippen LogP contribution in [0.3, 0.4) is 0 Å².